The van der Waals surface area contributed by atoms with Gasteiger partial charge < -0.3 is 15.4 Å². The van der Waals surface area contributed by atoms with Crippen LogP contribution in [0, 0.1) is 0 Å². The molecule has 84 valence electrons. The summed E-state index contributed by atoms with van der Waals surface area (Å²) in [6, 6.07) is 5.61. The molecular weight excluding hydrogens is 204 g/mol. The van der Waals surface area contributed by atoms with Crippen molar-refractivity contribution < 1.29 is 4.74 Å². The number of hydrogen-bond donors (Lipinski definition) is 1. The Morgan fingerprint density at radius 1 is 1.25 bits per heavy atom. The highest BCUT2D eigenvalue weighted by Crippen LogP contribution is 2.27. The molecule has 1 aromatic carbocycles. The SMILES string of the molecule is COc1cccc2c(N)nc(N(C)C)nc12. The van der Waals surface area contributed by atoms with Gasteiger partial charge >= 0.3 is 0 Å². The summed E-state index contributed by atoms with van der Waals surface area (Å²) >= 11 is 0. The Balaban J connectivity index is 2.77. The van der Waals surface area contributed by atoms with E-state index in [4.69, 9.17) is 10.5 Å². The zero-order valence-corrected chi connectivity index (χ0v) is 9.56. The highest BCUT2D eigenvalue weighted by molar-refractivity contribution is 5.93. The van der Waals surface area contributed by atoms with Crippen LogP contribution < -0.4 is 15.4 Å². The Morgan fingerprint density at radius 2 is 2.00 bits per heavy atom. The van der Waals surface area contributed by atoms with Gasteiger partial charge in [0, 0.05) is 19.5 Å². The van der Waals surface area contributed by atoms with Gasteiger partial charge in [-0.15, -0.1) is 0 Å². The molecule has 0 bridgehead atoms. The van der Waals surface area contributed by atoms with Crippen molar-refractivity contribution in [1.29, 1.82) is 0 Å². The summed E-state index contributed by atoms with van der Waals surface area (Å²) in [5.74, 6) is 1.75. The zero-order valence-electron chi connectivity index (χ0n) is 9.56. The van der Waals surface area contributed by atoms with Gasteiger partial charge in [-0.1, -0.05) is 6.07 Å². The van der Waals surface area contributed by atoms with Crippen LogP contribution in [-0.2, 0) is 0 Å². The second kappa shape index (κ2) is 3.84. The number of ether oxygens (including phenoxy) is 1. The molecule has 2 aromatic rings. The average molecular weight is 218 g/mol. The number of rotatable bonds is 2. The normalized spacial score (nSPS) is 10.4. The maximum Gasteiger partial charge on any atom is 0.227 e. The molecular formula is C11H14N4O. The van der Waals surface area contributed by atoms with E-state index < -0.39 is 0 Å². The number of nitrogens with two attached hydrogens (primary N) is 1. The Bertz CT molecular complexity index is 525. The van der Waals surface area contributed by atoms with Crippen molar-refractivity contribution in [1.82, 2.24) is 9.97 Å². The lowest BCUT2D eigenvalue weighted by Crippen LogP contribution is -2.14. The highest BCUT2D eigenvalue weighted by atomic mass is 16.5. The first-order valence-electron chi connectivity index (χ1n) is 4.91. The fourth-order valence-corrected chi connectivity index (χ4v) is 1.50. The second-order valence-electron chi connectivity index (χ2n) is 3.66. The topological polar surface area (TPSA) is 64.3 Å². The lowest BCUT2D eigenvalue weighted by Gasteiger charge is -2.13. The molecule has 5 nitrogen and oxygen atoms in total. The number of anilines is 2. The Hall–Kier alpha value is -2.04. The molecule has 0 amide bonds. The van der Waals surface area contributed by atoms with E-state index in [0.29, 0.717) is 17.5 Å². The first kappa shape index (κ1) is 10.5. The Labute approximate surface area is 93.9 Å². The van der Waals surface area contributed by atoms with Crippen molar-refractivity contribution in [3.63, 3.8) is 0 Å². The van der Waals surface area contributed by atoms with Gasteiger partial charge in [0.25, 0.3) is 0 Å². The van der Waals surface area contributed by atoms with Crippen molar-refractivity contribution in [2.45, 2.75) is 0 Å². The quantitative estimate of drug-likeness (QED) is 0.822. The Kier molecular flexibility index (Phi) is 2.52. The third-order valence-corrected chi connectivity index (χ3v) is 2.33. The predicted molar refractivity (Wildman–Crippen MR) is 64.8 cm³/mol. The molecule has 1 heterocycles. The fraction of sp³-hybridized carbons (Fsp3) is 0.273. The highest BCUT2D eigenvalue weighted by Gasteiger charge is 2.10. The smallest absolute Gasteiger partial charge is 0.227 e. The lowest BCUT2D eigenvalue weighted by atomic mass is 10.2. The number of nitrogens with zero attached hydrogens (tertiary/aromatic N) is 3. The molecule has 0 aliphatic rings. The Morgan fingerprint density at radius 3 is 2.62 bits per heavy atom. The molecule has 2 rings (SSSR count). The molecule has 1 aromatic heterocycles. The summed E-state index contributed by atoms with van der Waals surface area (Å²) in [4.78, 5) is 10.4. The van der Waals surface area contributed by atoms with Gasteiger partial charge in [0.15, 0.2) is 0 Å². The molecule has 16 heavy (non-hydrogen) atoms. The summed E-state index contributed by atoms with van der Waals surface area (Å²) in [5, 5.41) is 0.810. The van der Waals surface area contributed by atoms with E-state index in [9.17, 15) is 0 Å². The molecule has 0 saturated carbocycles. The predicted octanol–water partition coefficient (Wildman–Crippen LogP) is 1.29. The third-order valence-electron chi connectivity index (χ3n) is 2.33. The molecule has 0 fully saturated rings. The van der Waals surface area contributed by atoms with Crippen LogP contribution in [0.25, 0.3) is 10.9 Å². The third kappa shape index (κ3) is 1.60. The van der Waals surface area contributed by atoms with Crippen molar-refractivity contribution in [2.24, 2.45) is 0 Å². The fourth-order valence-electron chi connectivity index (χ4n) is 1.50. The molecule has 0 atom stereocenters. The first-order chi connectivity index (χ1) is 7.63. The van der Waals surface area contributed by atoms with E-state index in [0.717, 1.165) is 10.9 Å². The number of nitrogen functional groups attached to an aromatic ring is 1. The van der Waals surface area contributed by atoms with Crippen LogP contribution in [0.2, 0.25) is 0 Å². The van der Waals surface area contributed by atoms with Crippen LogP contribution in [0.3, 0.4) is 0 Å². The van der Waals surface area contributed by atoms with Gasteiger partial charge in [-0.3, -0.25) is 0 Å². The zero-order chi connectivity index (χ0) is 11.7. The van der Waals surface area contributed by atoms with E-state index in [1.54, 1.807) is 7.11 Å². The number of benzene rings is 1. The van der Waals surface area contributed by atoms with Gasteiger partial charge in [-0.05, 0) is 12.1 Å². The second-order valence-corrected chi connectivity index (χ2v) is 3.66. The van der Waals surface area contributed by atoms with Crippen molar-refractivity contribution in [3.8, 4) is 5.75 Å². The standard InChI is InChI=1S/C11H14N4O/c1-15(2)11-13-9-7(10(12)14-11)5-4-6-8(9)16-3/h4-6H,1-3H3,(H2,12,13,14). The molecule has 5 heteroatoms. The van der Waals surface area contributed by atoms with Gasteiger partial charge in [0.05, 0.1) is 7.11 Å². The summed E-state index contributed by atoms with van der Waals surface area (Å²) < 4.78 is 5.25. The molecule has 0 aliphatic carbocycles. The minimum absolute atomic E-state index is 0.465. The molecule has 0 aliphatic heterocycles. The molecule has 0 spiro atoms. The minimum Gasteiger partial charge on any atom is -0.494 e. The van der Waals surface area contributed by atoms with Crippen LogP contribution in [0.4, 0.5) is 11.8 Å². The number of para-hydroxylation sites is 1. The minimum atomic E-state index is 0.465. The summed E-state index contributed by atoms with van der Waals surface area (Å²) in [5.41, 5.74) is 6.62. The largest absolute Gasteiger partial charge is 0.494 e. The summed E-state index contributed by atoms with van der Waals surface area (Å²) in [7, 11) is 5.36. The van der Waals surface area contributed by atoms with Crippen LogP contribution in [-0.4, -0.2) is 31.2 Å². The average Bonchev–Trinajstić information content (AvgIpc) is 2.28. The van der Waals surface area contributed by atoms with E-state index in [1.165, 1.54) is 0 Å². The number of fused-ring (bicyclic) bond motifs is 1. The van der Waals surface area contributed by atoms with Gasteiger partial charge in [-0.25, -0.2) is 4.98 Å². The van der Waals surface area contributed by atoms with Gasteiger partial charge in [0.2, 0.25) is 5.95 Å². The lowest BCUT2D eigenvalue weighted by molar-refractivity contribution is 0.419. The number of aromatic nitrogens is 2. The summed E-state index contributed by atoms with van der Waals surface area (Å²) in [6.07, 6.45) is 0. The van der Waals surface area contributed by atoms with Gasteiger partial charge in [0.1, 0.15) is 17.1 Å². The van der Waals surface area contributed by atoms with Crippen LogP contribution in [0.5, 0.6) is 5.75 Å². The molecule has 0 radical (unpaired) electrons. The number of hydrogen-bond acceptors (Lipinski definition) is 5. The van der Waals surface area contributed by atoms with E-state index >= 15 is 0 Å². The van der Waals surface area contributed by atoms with Crippen molar-refractivity contribution in [3.05, 3.63) is 18.2 Å². The van der Waals surface area contributed by atoms with E-state index in [2.05, 4.69) is 9.97 Å². The maximum absolute atomic E-state index is 5.89. The van der Waals surface area contributed by atoms with Gasteiger partial charge in [-0.2, -0.15) is 4.98 Å². The maximum atomic E-state index is 5.89. The molecule has 2 N–H and O–H groups in total. The van der Waals surface area contributed by atoms with E-state index in [1.807, 2.05) is 37.2 Å². The first-order valence-corrected chi connectivity index (χ1v) is 4.91. The number of methoxy groups -OCH3 is 1. The van der Waals surface area contributed by atoms with Crippen LogP contribution >= 0.6 is 0 Å². The monoisotopic (exact) mass is 218 g/mol. The van der Waals surface area contributed by atoms with Crippen molar-refractivity contribution in [2.75, 3.05) is 31.8 Å². The van der Waals surface area contributed by atoms with E-state index in [-0.39, 0.29) is 0 Å². The molecule has 0 unspecified atom stereocenters. The van der Waals surface area contributed by atoms with Crippen LogP contribution in [0.15, 0.2) is 18.2 Å². The van der Waals surface area contributed by atoms with Crippen molar-refractivity contribution >= 4 is 22.7 Å². The van der Waals surface area contributed by atoms with Crippen LogP contribution in [0.1, 0.15) is 0 Å². The molecule has 0 saturated heterocycles. The summed E-state index contributed by atoms with van der Waals surface area (Å²) in [6.45, 7) is 0.